The highest BCUT2D eigenvalue weighted by Gasteiger charge is 2.41. The zero-order valence-electron chi connectivity index (χ0n) is 19.6. The first kappa shape index (κ1) is 23.6. The van der Waals surface area contributed by atoms with Crippen molar-refractivity contribution in [1.29, 1.82) is 5.26 Å². The van der Waals surface area contributed by atoms with Gasteiger partial charge in [0.05, 0.1) is 13.2 Å². The van der Waals surface area contributed by atoms with Crippen molar-refractivity contribution < 1.29 is 19.1 Å². The smallest absolute Gasteiger partial charge is 0.270 e. The number of benzene rings is 1. The van der Waals surface area contributed by atoms with Crippen molar-refractivity contribution in [3.05, 3.63) is 30.0 Å². The normalized spacial score (nSPS) is 22.9. The van der Waals surface area contributed by atoms with Gasteiger partial charge in [-0.1, -0.05) is 19.4 Å². The summed E-state index contributed by atoms with van der Waals surface area (Å²) in [4.78, 5) is 43.4. The number of H-pyrrole nitrogens is 1. The van der Waals surface area contributed by atoms with E-state index in [4.69, 9.17) is 4.74 Å². The maximum atomic E-state index is 13.5. The van der Waals surface area contributed by atoms with Crippen LogP contribution in [0.1, 0.15) is 49.5 Å². The molecule has 1 aromatic carbocycles. The fraction of sp³-hybridized carbons (Fsp3) is 0.520. The molecular weight excluding hydrogens is 434 g/mol. The number of amides is 3. The highest BCUT2D eigenvalue weighted by Crippen LogP contribution is 2.31. The Labute approximate surface area is 198 Å². The first-order chi connectivity index (χ1) is 16.4. The molecule has 3 heterocycles. The van der Waals surface area contributed by atoms with Gasteiger partial charge < -0.3 is 25.3 Å². The summed E-state index contributed by atoms with van der Waals surface area (Å²) in [6, 6.07) is 7.99. The Hall–Kier alpha value is -3.54. The van der Waals surface area contributed by atoms with E-state index in [9.17, 15) is 19.6 Å². The third-order valence-corrected chi connectivity index (χ3v) is 6.88. The number of fused-ring (bicyclic) bond motifs is 1. The second-order valence-corrected chi connectivity index (χ2v) is 9.17. The molecule has 0 aliphatic carbocycles. The predicted octanol–water partition coefficient (Wildman–Crippen LogP) is 2.34. The SMILES string of the molecule is CCCC1CC(C(=O)NC(C#N)CC2CCNC2=O)N(C(=O)c2cc3c(OC)cccc3[nH]2)C1. The third kappa shape index (κ3) is 4.72. The lowest BCUT2D eigenvalue weighted by molar-refractivity contribution is -0.126. The maximum Gasteiger partial charge on any atom is 0.270 e. The Morgan fingerprint density at radius 3 is 2.88 bits per heavy atom. The molecule has 4 atom stereocenters. The minimum Gasteiger partial charge on any atom is -0.496 e. The third-order valence-electron chi connectivity index (χ3n) is 6.88. The molecule has 2 aliphatic rings. The molecule has 1 aromatic heterocycles. The fourth-order valence-corrected chi connectivity index (χ4v) is 5.15. The van der Waals surface area contributed by atoms with Crippen LogP contribution in [0.4, 0.5) is 0 Å². The van der Waals surface area contributed by atoms with Crippen LogP contribution in [-0.2, 0) is 9.59 Å². The predicted molar refractivity (Wildman–Crippen MR) is 126 cm³/mol. The van der Waals surface area contributed by atoms with E-state index < -0.39 is 12.1 Å². The maximum absolute atomic E-state index is 13.5. The van der Waals surface area contributed by atoms with Gasteiger partial charge in [0, 0.05) is 29.9 Å². The van der Waals surface area contributed by atoms with Crippen molar-refractivity contribution in [3.8, 4) is 11.8 Å². The number of rotatable bonds is 8. The highest BCUT2D eigenvalue weighted by atomic mass is 16.5. The van der Waals surface area contributed by atoms with Gasteiger partial charge in [0.1, 0.15) is 23.5 Å². The van der Waals surface area contributed by atoms with Gasteiger partial charge in [0.15, 0.2) is 0 Å². The van der Waals surface area contributed by atoms with Crippen LogP contribution in [0.5, 0.6) is 5.75 Å². The van der Waals surface area contributed by atoms with Gasteiger partial charge in [-0.25, -0.2) is 0 Å². The van der Waals surface area contributed by atoms with Crippen LogP contribution in [0.3, 0.4) is 0 Å². The molecule has 0 spiro atoms. The molecule has 3 N–H and O–H groups in total. The van der Waals surface area contributed by atoms with Gasteiger partial charge in [-0.3, -0.25) is 14.4 Å². The minimum atomic E-state index is -0.777. The summed E-state index contributed by atoms with van der Waals surface area (Å²) in [5.41, 5.74) is 1.18. The molecule has 2 aliphatic heterocycles. The van der Waals surface area contributed by atoms with E-state index in [0.29, 0.717) is 37.4 Å². The van der Waals surface area contributed by atoms with Gasteiger partial charge in [-0.05, 0) is 49.8 Å². The molecule has 180 valence electrons. The molecule has 4 unspecified atom stereocenters. The van der Waals surface area contributed by atoms with Gasteiger partial charge >= 0.3 is 0 Å². The zero-order chi connectivity index (χ0) is 24.2. The average molecular weight is 466 g/mol. The summed E-state index contributed by atoms with van der Waals surface area (Å²) in [5.74, 6) is -0.0684. The van der Waals surface area contributed by atoms with Gasteiger partial charge in [-0.15, -0.1) is 0 Å². The summed E-state index contributed by atoms with van der Waals surface area (Å²) in [7, 11) is 1.58. The molecule has 4 rings (SSSR count). The van der Waals surface area contributed by atoms with Crippen molar-refractivity contribution in [1.82, 2.24) is 20.5 Å². The van der Waals surface area contributed by atoms with Crippen LogP contribution in [0.2, 0.25) is 0 Å². The summed E-state index contributed by atoms with van der Waals surface area (Å²) in [5, 5.41) is 15.9. The number of aromatic nitrogens is 1. The average Bonchev–Trinajstić information content (AvgIpc) is 3.56. The number of nitriles is 1. The van der Waals surface area contributed by atoms with E-state index in [0.717, 1.165) is 23.7 Å². The van der Waals surface area contributed by atoms with E-state index >= 15 is 0 Å². The van der Waals surface area contributed by atoms with E-state index in [-0.39, 0.29) is 36.0 Å². The number of likely N-dealkylation sites (tertiary alicyclic amines) is 1. The standard InChI is InChI=1S/C25H31N5O4/c1-3-5-15-10-21(24(32)28-17(13-26)11-16-8-9-27-23(16)31)30(14-15)25(33)20-12-18-19(29-20)6-4-7-22(18)34-2/h4,6-7,12,15-17,21,29H,3,5,8-11,14H2,1-2H3,(H,27,31)(H,28,32). The second kappa shape index (κ2) is 10.2. The number of carbonyl (C=O) groups excluding carboxylic acids is 3. The number of hydrogen-bond donors (Lipinski definition) is 3. The molecule has 9 heteroatoms. The number of nitrogens with one attached hydrogen (secondary N) is 3. The molecule has 34 heavy (non-hydrogen) atoms. The Morgan fingerprint density at radius 1 is 1.38 bits per heavy atom. The lowest BCUT2D eigenvalue weighted by Crippen LogP contribution is -2.49. The molecule has 2 fully saturated rings. The molecule has 3 amide bonds. The fourth-order valence-electron chi connectivity index (χ4n) is 5.15. The van der Waals surface area contributed by atoms with Gasteiger partial charge in [0.25, 0.3) is 5.91 Å². The van der Waals surface area contributed by atoms with E-state index in [2.05, 4.69) is 28.6 Å². The molecule has 0 bridgehead atoms. The zero-order valence-corrected chi connectivity index (χ0v) is 19.6. The summed E-state index contributed by atoms with van der Waals surface area (Å²) < 4.78 is 5.40. The van der Waals surface area contributed by atoms with Crippen molar-refractivity contribution in [2.75, 3.05) is 20.2 Å². The number of nitrogens with zero attached hydrogens (tertiary/aromatic N) is 2. The van der Waals surface area contributed by atoms with Crippen molar-refractivity contribution >= 4 is 28.6 Å². The van der Waals surface area contributed by atoms with Crippen LogP contribution in [0.25, 0.3) is 10.9 Å². The Bertz CT molecular complexity index is 1120. The van der Waals surface area contributed by atoms with Gasteiger partial charge in [0.2, 0.25) is 11.8 Å². The first-order valence-electron chi connectivity index (χ1n) is 11.9. The van der Waals surface area contributed by atoms with Crippen LogP contribution in [-0.4, -0.2) is 59.9 Å². The van der Waals surface area contributed by atoms with Crippen LogP contribution in [0.15, 0.2) is 24.3 Å². The lowest BCUT2D eigenvalue weighted by Gasteiger charge is -2.25. The van der Waals surface area contributed by atoms with Crippen molar-refractivity contribution in [2.45, 2.75) is 51.1 Å². The number of methoxy groups -OCH3 is 1. The molecule has 2 saturated heterocycles. The molecule has 9 nitrogen and oxygen atoms in total. The van der Waals surface area contributed by atoms with E-state index in [1.165, 1.54) is 0 Å². The van der Waals surface area contributed by atoms with Crippen LogP contribution < -0.4 is 15.4 Å². The Morgan fingerprint density at radius 2 is 2.21 bits per heavy atom. The van der Waals surface area contributed by atoms with E-state index in [1.54, 1.807) is 18.1 Å². The van der Waals surface area contributed by atoms with Gasteiger partial charge in [-0.2, -0.15) is 5.26 Å². The monoisotopic (exact) mass is 465 g/mol. The Balaban J connectivity index is 1.53. The molecule has 0 saturated carbocycles. The number of carbonyl (C=O) groups is 3. The molecular formula is C25H31N5O4. The number of hydrogen-bond acceptors (Lipinski definition) is 5. The number of aromatic amines is 1. The van der Waals surface area contributed by atoms with Crippen molar-refractivity contribution in [3.63, 3.8) is 0 Å². The first-order valence-corrected chi connectivity index (χ1v) is 11.9. The highest BCUT2D eigenvalue weighted by molar-refractivity contribution is 6.01. The summed E-state index contributed by atoms with van der Waals surface area (Å²) in [6.07, 6.45) is 3.36. The largest absolute Gasteiger partial charge is 0.496 e. The second-order valence-electron chi connectivity index (χ2n) is 9.17. The minimum absolute atomic E-state index is 0.0792. The quantitative estimate of drug-likeness (QED) is 0.551. The van der Waals surface area contributed by atoms with Crippen molar-refractivity contribution in [2.24, 2.45) is 11.8 Å². The Kier molecular flexibility index (Phi) is 7.06. The van der Waals surface area contributed by atoms with E-state index in [1.807, 2.05) is 18.2 Å². The summed E-state index contributed by atoms with van der Waals surface area (Å²) in [6.45, 7) is 3.16. The lowest BCUT2D eigenvalue weighted by atomic mass is 9.98. The molecule has 0 radical (unpaired) electrons. The summed E-state index contributed by atoms with van der Waals surface area (Å²) >= 11 is 0. The number of ether oxygens (including phenoxy) is 1. The topological polar surface area (TPSA) is 127 Å². The van der Waals surface area contributed by atoms with Crippen LogP contribution >= 0.6 is 0 Å². The van der Waals surface area contributed by atoms with Crippen LogP contribution in [0, 0.1) is 23.2 Å². The molecule has 2 aromatic rings.